The molecule has 2 aromatic carbocycles. The van der Waals surface area contributed by atoms with Gasteiger partial charge in [-0.05, 0) is 87.4 Å². The third-order valence-electron chi connectivity index (χ3n) is 8.12. The van der Waals surface area contributed by atoms with Crippen LogP contribution in [0.25, 0.3) is 0 Å². The third kappa shape index (κ3) is 6.30. The summed E-state index contributed by atoms with van der Waals surface area (Å²) in [7, 11) is -0.899. The van der Waals surface area contributed by atoms with Crippen molar-refractivity contribution in [2.24, 2.45) is 0 Å². The molecule has 0 atom stereocenters. The molecule has 1 saturated heterocycles. The number of rotatable bonds is 9. The lowest BCUT2D eigenvalue weighted by atomic mass is 10.0. The molecule has 0 radical (unpaired) electrons. The van der Waals surface area contributed by atoms with E-state index in [2.05, 4.69) is 68.7 Å². The smallest absolute Gasteiger partial charge is 0.229 e. The van der Waals surface area contributed by atoms with E-state index < -0.39 is 7.14 Å². The summed E-state index contributed by atoms with van der Waals surface area (Å²) in [6.45, 7) is 11.7. The molecule has 0 amide bonds. The first-order valence-corrected chi connectivity index (χ1v) is 17.4. The van der Waals surface area contributed by atoms with Gasteiger partial charge in [-0.1, -0.05) is 24.6 Å². The van der Waals surface area contributed by atoms with Gasteiger partial charge >= 0.3 is 0 Å². The van der Waals surface area contributed by atoms with Gasteiger partial charge in [0.05, 0.1) is 24.7 Å². The van der Waals surface area contributed by atoms with Crippen LogP contribution >= 0.6 is 18.7 Å². The molecule has 1 fully saturated rings. The van der Waals surface area contributed by atoms with Gasteiger partial charge in [-0.15, -0.1) is 0 Å². The summed E-state index contributed by atoms with van der Waals surface area (Å²) in [5.41, 5.74) is 6.04. The molecule has 2 aromatic heterocycles. The van der Waals surface area contributed by atoms with Gasteiger partial charge in [0, 0.05) is 48.6 Å². The van der Waals surface area contributed by atoms with Crippen LogP contribution in [0.2, 0.25) is 5.02 Å². The molecular weight excluding hydrogens is 567 g/mol. The number of halogens is 1. The molecule has 222 valence electrons. The Balaban J connectivity index is 1.40. The van der Waals surface area contributed by atoms with Crippen molar-refractivity contribution in [2.45, 2.75) is 46.1 Å². The first-order valence-electron chi connectivity index (χ1n) is 14.4. The van der Waals surface area contributed by atoms with Crippen molar-refractivity contribution in [3.05, 3.63) is 76.7 Å². The van der Waals surface area contributed by atoms with Crippen LogP contribution in [-0.2, 0) is 11.0 Å². The van der Waals surface area contributed by atoms with Crippen molar-refractivity contribution in [1.82, 2.24) is 14.5 Å². The van der Waals surface area contributed by atoms with Gasteiger partial charge in [0.25, 0.3) is 0 Å². The van der Waals surface area contributed by atoms with Gasteiger partial charge in [0.1, 0.15) is 17.9 Å². The maximum Gasteiger partial charge on any atom is 0.229 e. The highest BCUT2D eigenvalue weighted by Gasteiger charge is 2.24. The number of hydrogen-bond acceptors (Lipinski definition) is 7. The molecule has 1 aliphatic rings. The Kier molecular flexibility index (Phi) is 8.86. The summed E-state index contributed by atoms with van der Waals surface area (Å²) in [5, 5.41) is 7.84. The average Bonchev–Trinajstić information content (AvgIpc) is 3.51. The van der Waals surface area contributed by atoms with Crippen LogP contribution in [0.3, 0.4) is 0 Å². The van der Waals surface area contributed by atoms with Crippen molar-refractivity contribution in [3.8, 4) is 5.75 Å². The van der Waals surface area contributed by atoms with Gasteiger partial charge in [-0.25, -0.2) is 4.98 Å². The summed E-state index contributed by atoms with van der Waals surface area (Å²) in [6, 6.07) is 12.9. The lowest BCUT2D eigenvalue weighted by Gasteiger charge is -2.35. The average molecular weight is 607 g/mol. The molecule has 42 heavy (non-hydrogen) atoms. The number of hydrogen-bond donors (Lipinski definition) is 2. The number of anilines is 5. The molecule has 10 heteroatoms. The quantitative estimate of drug-likeness (QED) is 0.189. The molecule has 0 bridgehead atoms. The minimum atomic E-state index is -2.58. The molecule has 0 saturated carbocycles. The number of benzene rings is 2. The first-order chi connectivity index (χ1) is 20.1. The Morgan fingerprint density at radius 2 is 1.79 bits per heavy atom. The predicted molar refractivity (Wildman–Crippen MR) is 176 cm³/mol. The van der Waals surface area contributed by atoms with Gasteiger partial charge in [0.2, 0.25) is 5.95 Å². The number of nitrogens with one attached hydrogen (secondary N) is 2. The normalized spacial score (nSPS) is 14.2. The molecule has 5 rings (SSSR count). The van der Waals surface area contributed by atoms with Crippen molar-refractivity contribution < 1.29 is 9.30 Å². The lowest BCUT2D eigenvalue weighted by Crippen LogP contribution is -2.35. The lowest BCUT2D eigenvalue weighted by molar-refractivity contribution is 0.395. The largest absolute Gasteiger partial charge is 0.494 e. The fourth-order valence-corrected chi connectivity index (χ4v) is 7.65. The van der Waals surface area contributed by atoms with E-state index in [4.69, 9.17) is 21.3 Å². The van der Waals surface area contributed by atoms with Crippen LogP contribution in [0.4, 0.5) is 28.8 Å². The number of piperidine rings is 1. The van der Waals surface area contributed by atoms with Crippen molar-refractivity contribution in [2.75, 3.05) is 49.1 Å². The first kappa shape index (κ1) is 30.0. The molecule has 1 aliphatic heterocycles. The Morgan fingerprint density at radius 3 is 2.43 bits per heavy atom. The zero-order chi connectivity index (χ0) is 30.0. The molecular formula is C32H40ClN6O2P. The molecule has 2 N–H and O–H groups in total. The Bertz CT molecular complexity index is 1610. The van der Waals surface area contributed by atoms with Gasteiger partial charge in [0.15, 0.2) is 5.82 Å². The van der Waals surface area contributed by atoms with E-state index in [-0.39, 0.29) is 0 Å². The second kappa shape index (κ2) is 12.4. The Hall–Kier alpha value is -3.48. The van der Waals surface area contributed by atoms with E-state index in [1.165, 1.54) is 11.3 Å². The van der Waals surface area contributed by atoms with Crippen LogP contribution in [0, 0.1) is 13.8 Å². The van der Waals surface area contributed by atoms with Gasteiger partial charge in [-0.2, -0.15) is 4.98 Å². The third-order valence-corrected chi connectivity index (χ3v) is 10.0. The monoisotopic (exact) mass is 606 g/mol. The highest BCUT2D eigenvalue weighted by Crippen LogP contribution is 2.41. The van der Waals surface area contributed by atoms with E-state index in [1.807, 2.05) is 26.0 Å². The topological polar surface area (TPSA) is 84.3 Å². The summed E-state index contributed by atoms with van der Waals surface area (Å²) >= 11 is 6.53. The highest BCUT2D eigenvalue weighted by atomic mass is 35.5. The summed E-state index contributed by atoms with van der Waals surface area (Å²) in [6.07, 6.45) is 8.96. The molecule has 0 unspecified atom stereocenters. The fraction of sp³-hybridized carbons (Fsp3) is 0.375. The number of aryl methyl sites for hydroxylation is 2. The van der Waals surface area contributed by atoms with E-state index >= 15 is 0 Å². The van der Waals surface area contributed by atoms with Gasteiger partial charge < -0.3 is 29.4 Å². The van der Waals surface area contributed by atoms with Crippen molar-refractivity contribution in [3.63, 3.8) is 0 Å². The van der Waals surface area contributed by atoms with Crippen LogP contribution in [0.15, 0.2) is 55.0 Å². The summed E-state index contributed by atoms with van der Waals surface area (Å²) < 4.78 is 21.4. The second-order valence-corrected chi connectivity index (χ2v) is 14.8. The maximum absolute atomic E-state index is 13.2. The number of nitrogens with zero attached hydrogens (tertiary/aromatic N) is 4. The Morgan fingerprint density at radius 1 is 1.07 bits per heavy atom. The van der Waals surface area contributed by atoms with E-state index in [9.17, 15) is 4.57 Å². The SMILES string of the molecule is CCc1cc(Nc2ncc(Cl)c(Nc3ccc(C)c(C)c3P(C)(C)=O)n2)c(OC)cc1N1CCC(n2cccc2)CC1. The van der Waals surface area contributed by atoms with E-state index in [0.29, 0.717) is 22.8 Å². The van der Waals surface area contributed by atoms with Gasteiger partial charge in [-0.3, -0.25) is 0 Å². The molecule has 8 nitrogen and oxygen atoms in total. The highest BCUT2D eigenvalue weighted by molar-refractivity contribution is 7.70. The molecule has 4 aromatic rings. The predicted octanol–water partition coefficient (Wildman–Crippen LogP) is 7.70. The number of methoxy groups -OCH3 is 1. The molecule has 0 aliphatic carbocycles. The van der Waals surface area contributed by atoms with E-state index in [0.717, 1.165) is 65.9 Å². The number of aromatic nitrogens is 3. The standard InChI is InChI=1S/C32H40ClN6O2P/c1-7-23-18-27(29(41-4)19-28(23)39-16-12-24(13-17-39)38-14-8-9-15-38)36-32-34-20-25(33)31(37-32)35-26-11-10-21(2)22(3)30(26)42(5,6)40/h8-11,14-15,18-20,24H,7,12-13,16-17H2,1-6H3,(H2,34,35,36,37). The van der Waals surface area contributed by atoms with Crippen LogP contribution < -0.4 is 25.6 Å². The van der Waals surface area contributed by atoms with Crippen molar-refractivity contribution >= 4 is 52.9 Å². The molecule has 3 heterocycles. The van der Waals surface area contributed by atoms with E-state index in [1.54, 1.807) is 26.6 Å². The van der Waals surface area contributed by atoms with Crippen LogP contribution in [0.1, 0.15) is 42.5 Å². The Labute approximate surface area is 253 Å². The zero-order valence-electron chi connectivity index (χ0n) is 25.2. The van der Waals surface area contributed by atoms with Crippen molar-refractivity contribution in [1.29, 1.82) is 0 Å². The minimum absolute atomic E-state index is 0.367. The maximum atomic E-state index is 13.2. The second-order valence-electron chi connectivity index (χ2n) is 11.3. The minimum Gasteiger partial charge on any atom is -0.494 e. The fourth-order valence-electron chi connectivity index (χ4n) is 5.81. The zero-order valence-corrected chi connectivity index (χ0v) is 26.9. The van der Waals surface area contributed by atoms with Crippen LogP contribution in [0.5, 0.6) is 5.75 Å². The summed E-state index contributed by atoms with van der Waals surface area (Å²) in [4.78, 5) is 11.6. The molecule has 0 spiro atoms. The number of ether oxygens (including phenoxy) is 1. The summed E-state index contributed by atoms with van der Waals surface area (Å²) in [5.74, 6) is 1.53. The van der Waals surface area contributed by atoms with Crippen LogP contribution in [-0.4, -0.2) is 48.1 Å².